The molecule has 4 atom stereocenters. The summed E-state index contributed by atoms with van der Waals surface area (Å²) in [5, 5.41) is 0. The maximum atomic E-state index is 6.32. The van der Waals surface area contributed by atoms with Crippen molar-refractivity contribution < 1.29 is 9.47 Å². The third-order valence-electron chi connectivity index (χ3n) is 6.07. The lowest BCUT2D eigenvalue weighted by Gasteiger charge is -2.24. The second-order valence-electron chi connectivity index (χ2n) is 8.25. The third kappa shape index (κ3) is 6.16. The van der Waals surface area contributed by atoms with E-state index < -0.39 is 0 Å². The number of nitrogens with zero attached hydrogens (tertiary/aromatic N) is 1. The molecule has 0 saturated carbocycles. The highest BCUT2D eigenvalue weighted by Crippen LogP contribution is 2.23. The molecule has 0 aromatic heterocycles. The van der Waals surface area contributed by atoms with Gasteiger partial charge in [0.15, 0.2) is 0 Å². The monoisotopic (exact) mass is 381 g/mol. The Morgan fingerprint density at radius 1 is 0.786 bits per heavy atom. The topological polar surface area (TPSA) is 21.7 Å². The van der Waals surface area contributed by atoms with Crippen molar-refractivity contribution >= 4 is 0 Å². The van der Waals surface area contributed by atoms with Crippen LogP contribution in [0.3, 0.4) is 0 Å². The van der Waals surface area contributed by atoms with Crippen LogP contribution in [0, 0.1) is 11.8 Å². The van der Waals surface area contributed by atoms with Crippen LogP contribution in [0.5, 0.6) is 0 Å². The summed E-state index contributed by atoms with van der Waals surface area (Å²) in [6.07, 6.45) is 1.47. The second kappa shape index (κ2) is 10.8. The molecule has 0 amide bonds. The van der Waals surface area contributed by atoms with E-state index in [-0.39, 0.29) is 12.2 Å². The molecule has 1 heterocycles. The number of rotatable bonds is 10. The molecule has 152 valence electrons. The second-order valence-corrected chi connectivity index (χ2v) is 8.25. The van der Waals surface area contributed by atoms with Crippen molar-refractivity contribution in [2.75, 3.05) is 19.6 Å². The van der Waals surface area contributed by atoms with E-state index >= 15 is 0 Å². The average Bonchev–Trinajstić information content (AvgIpc) is 3.13. The molecule has 0 bridgehead atoms. The van der Waals surface area contributed by atoms with Gasteiger partial charge in [0.2, 0.25) is 0 Å². The van der Waals surface area contributed by atoms with Gasteiger partial charge in [-0.1, -0.05) is 87.9 Å². The normalized spacial score (nSPS) is 22.2. The lowest BCUT2D eigenvalue weighted by atomic mass is 9.93. The van der Waals surface area contributed by atoms with E-state index in [0.717, 1.165) is 25.6 Å². The molecular formula is C25H35NO2. The quantitative estimate of drug-likeness (QED) is 0.568. The largest absolute Gasteiger partial charge is 0.369 e. The Morgan fingerprint density at radius 3 is 1.68 bits per heavy atom. The summed E-state index contributed by atoms with van der Waals surface area (Å²) in [6.45, 7) is 11.3. The molecule has 1 aliphatic heterocycles. The highest BCUT2D eigenvalue weighted by atomic mass is 16.5. The zero-order chi connectivity index (χ0) is 19.8. The van der Waals surface area contributed by atoms with E-state index in [4.69, 9.17) is 9.47 Å². The van der Waals surface area contributed by atoms with Gasteiger partial charge in [-0.3, -0.25) is 4.90 Å². The zero-order valence-electron chi connectivity index (χ0n) is 17.6. The Bertz CT molecular complexity index is 624. The summed E-state index contributed by atoms with van der Waals surface area (Å²) in [4.78, 5) is 2.53. The fraction of sp³-hybridized carbons (Fsp3) is 0.520. The lowest BCUT2D eigenvalue weighted by molar-refractivity contribution is -0.0591. The number of benzene rings is 2. The van der Waals surface area contributed by atoms with Crippen molar-refractivity contribution in [3.63, 3.8) is 0 Å². The van der Waals surface area contributed by atoms with Gasteiger partial charge in [0.05, 0.1) is 25.4 Å². The highest BCUT2D eigenvalue weighted by Gasteiger charge is 2.35. The molecule has 3 heteroatoms. The average molecular weight is 382 g/mol. The molecule has 2 aromatic carbocycles. The van der Waals surface area contributed by atoms with Crippen LogP contribution in [0.2, 0.25) is 0 Å². The van der Waals surface area contributed by atoms with Crippen LogP contribution in [0.1, 0.15) is 38.3 Å². The number of likely N-dealkylation sites (tertiary alicyclic amines) is 1. The molecule has 1 fully saturated rings. The van der Waals surface area contributed by atoms with Crippen LogP contribution < -0.4 is 0 Å². The van der Waals surface area contributed by atoms with Gasteiger partial charge in [-0.05, 0) is 23.0 Å². The first kappa shape index (κ1) is 21.0. The minimum Gasteiger partial charge on any atom is -0.369 e. The molecule has 0 radical (unpaired) electrons. The molecule has 3 nitrogen and oxygen atoms in total. The summed E-state index contributed by atoms with van der Waals surface area (Å²) in [6, 6.07) is 20.8. The zero-order valence-corrected chi connectivity index (χ0v) is 17.6. The van der Waals surface area contributed by atoms with Crippen LogP contribution in [0.4, 0.5) is 0 Å². The maximum Gasteiger partial charge on any atom is 0.0980 e. The van der Waals surface area contributed by atoms with E-state index in [1.165, 1.54) is 17.5 Å². The smallest absolute Gasteiger partial charge is 0.0980 e. The Hall–Kier alpha value is -1.68. The standard InChI is InChI=1S/C25H35NO2/c1-4-20(2)21(3)15-26-16-24(27-18-22-11-7-5-8-12-22)25(17-26)28-19-23-13-9-6-10-14-23/h5-14,20-21,24-25H,4,15-19H2,1-3H3/t20-,21-,24-,25-/m0/s1. The van der Waals surface area contributed by atoms with Crippen LogP contribution in [-0.2, 0) is 22.7 Å². The van der Waals surface area contributed by atoms with Gasteiger partial charge in [0.25, 0.3) is 0 Å². The van der Waals surface area contributed by atoms with Gasteiger partial charge in [-0.15, -0.1) is 0 Å². The van der Waals surface area contributed by atoms with Gasteiger partial charge < -0.3 is 9.47 Å². The third-order valence-corrected chi connectivity index (χ3v) is 6.07. The van der Waals surface area contributed by atoms with Crippen molar-refractivity contribution in [2.45, 2.75) is 52.6 Å². The first-order valence-corrected chi connectivity index (χ1v) is 10.7. The van der Waals surface area contributed by atoms with E-state index in [1.807, 2.05) is 12.1 Å². The van der Waals surface area contributed by atoms with Crippen molar-refractivity contribution in [3.8, 4) is 0 Å². The number of hydrogen-bond acceptors (Lipinski definition) is 3. The fourth-order valence-corrected chi connectivity index (χ4v) is 3.83. The van der Waals surface area contributed by atoms with Crippen molar-refractivity contribution in [3.05, 3.63) is 71.8 Å². The fourth-order valence-electron chi connectivity index (χ4n) is 3.83. The summed E-state index contributed by atoms with van der Waals surface area (Å²) >= 11 is 0. The van der Waals surface area contributed by atoms with Crippen molar-refractivity contribution in [2.24, 2.45) is 11.8 Å². The number of ether oxygens (including phenoxy) is 2. The molecule has 1 aliphatic rings. The van der Waals surface area contributed by atoms with Gasteiger partial charge in [-0.25, -0.2) is 0 Å². The van der Waals surface area contributed by atoms with Crippen LogP contribution >= 0.6 is 0 Å². The molecule has 0 N–H and O–H groups in total. The Morgan fingerprint density at radius 2 is 1.25 bits per heavy atom. The lowest BCUT2D eigenvalue weighted by Crippen LogP contribution is -2.30. The van der Waals surface area contributed by atoms with Gasteiger partial charge in [-0.2, -0.15) is 0 Å². The van der Waals surface area contributed by atoms with E-state index in [0.29, 0.717) is 19.1 Å². The molecule has 28 heavy (non-hydrogen) atoms. The molecule has 0 unspecified atom stereocenters. The first-order chi connectivity index (χ1) is 13.7. The summed E-state index contributed by atoms with van der Waals surface area (Å²) in [5.74, 6) is 1.43. The van der Waals surface area contributed by atoms with E-state index in [9.17, 15) is 0 Å². The van der Waals surface area contributed by atoms with Gasteiger partial charge >= 0.3 is 0 Å². The highest BCUT2D eigenvalue weighted by molar-refractivity contribution is 5.14. The molecule has 0 aliphatic carbocycles. The Labute approximate surface area is 170 Å². The molecule has 0 spiro atoms. The summed E-state index contributed by atoms with van der Waals surface area (Å²) in [7, 11) is 0. The van der Waals surface area contributed by atoms with Gasteiger partial charge in [0.1, 0.15) is 0 Å². The van der Waals surface area contributed by atoms with Crippen molar-refractivity contribution in [1.29, 1.82) is 0 Å². The minimum atomic E-state index is 0.119. The van der Waals surface area contributed by atoms with E-state index in [2.05, 4.69) is 74.2 Å². The molecule has 3 rings (SSSR count). The van der Waals surface area contributed by atoms with E-state index in [1.54, 1.807) is 0 Å². The van der Waals surface area contributed by atoms with Crippen molar-refractivity contribution in [1.82, 2.24) is 4.90 Å². The Kier molecular flexibility index (Phi) is 8.08. The predicted molar refractivity (Wildman–Crippen MR) is 115 cm³/mol. The number of hydrogen-bond donors (Lipinski definition) is 0. The molecular weight excluding hydrogens is 346 g/mol. The summed E-state index contributed by atoms with van der Waals surface area (Å²) < 4.78 is 12.6. The predicted octanol–water partition coefficient (Wildman–Crippen LogP) is 5.16. The Balaban J connectivity index is 1.59. The molecule has 2 aromatic rings. The van der Waals surface area contributed by atoms with Crippen LogP contribution in [0.25, 0.3) is 0 Å². The first-order valence-electron chi connectivity index (χ1n) is 10.7. The summed E-state index contributed by atoms with van der Waals surface area (Å²) in [5.41, 5.74) is 2.44. The maximum absolute atomic E-state index is 6.32. The SMILES string of the molecule is CC[C@H](C)[C@@H](C)CN1C[C@H](OCc2ccccc2)[C@@H](OCc2ccccc2)C1. The van der Waals surface area contributed by atoms with Crippen LogP contribution in [-0.4, -0.2) is 36.7 Å². The van der Waals surface area contributed by atoms with Crippen LogP contribution in [0.15, 0.2) is 60.7 Å². The molecule has 1 saturated heterocycles. The minimum absolute atomic E-state index is 0.119. The van der Waals surface area contributed by atoms with Gasteiger partial charge in [0, 0.05) is 19.6 Å².